The Morgan fingerprint density at radius 2 is 2.17 bits per heavy atom. The summed E-state index contributed by atoms with van der Waals surface area (Å²) in [6.07, 6.45) is 6.82. The van der Waals surface area contributed by atoms with Crippen LogP contribution in [-0.4, -0.2) is 16.0 Å². The maximum atomic E-state index is 9.56. The summed E-state index contributed by atoms with van der Waals surface area (Å²) in [5.41, 5.74) is 0.602. The molecule has 1 unspecified atom stereocenters. The molecule has 0 aliphatic heterocycles. The van der Waals surface area contributed by atoms with E-state index in [0.717, 1.165) is 6.42 Å². The summed E-state index contributed by atoms with van der Waals surface area (Å²) >= 11 is 3.24. The molecular weight excluding hydrogens is 216 g/mol. The zero-order valence-electron chi connectivity index (χ0n) is 7.97. The van der Waals surface area contributed by atoms with Crippen molar-refractivity contribution in [3.63, 3.8) is 0 Å². The maximum absolute atomic E-state index is 9.56. The van der Waals surface area contributed by atoms with Crippen molar-refractivity contribution in [3.05, 3.63) is 23.8 Å². The summed E-state index contributed by atoms with van der Waals surface area (Å²) < 4.78 is 0. The molecule has 0 aromatic rings. The van der Waals surface area contributed by atoms with Gasteiger partial charge >= 0.3 is 0 Å². The lowest BCUT2D eigenvalue weighted by atomic mass is 10.1. The average molecular weight is 233 g/mol. The normalized spacial score (nSPS) is 18.2. The van der Waals surface area contributed by atoms with Gasteiger partial charge < -0.3 is 5.11 Å². The maximum Gasteiger partial charge on any atom is 0.0896 e. The minimum absolute atomic E-state index is 0.575. The summed E-state index contributed by atoms with van der Waals surface area (Å²) in [6.45, 7) is 5.88. The van der Waals surface area contributed by atoms with Gasteiger partial charge in [-0.15, -0.1) is 0 Å². The van der Waals surface area contributed by atoms with Crippen molar-refractivity contribution in [2.75, 3.05) is 5.33 Å². The Bertz CT molecular complexity index is 180. The Balaban J connectivity index is 3.92. The van der Waals surface area contributed by atoms with E-state index in [1.165, 1.54) is 5.57 Å². The Labute approximate surface area is 83.3 Å². The molecule has 0 radical (unpaired) electrons. The number of halogens is 1. The van der Waals surface area contributed by atoms with Crippen LogP contribution in [-0.2, 0) is 0 Å². The second kappa shape index (κ2) is 5.55. The van der Waals surface area contributed by atoms with Crippen molar-refractivity contribution in [3.8, 4) is 0 Å². The van der Waals surface area contributed by atoms with Crippen LogP contribution >= 0.6 is 15.9 Å². The van der Waals surface area contributed by atoms with Crippen LogP contribution in [0.25, 0.3) is 0 Å². The van der Waals surface area contributed by atoms with Crippen LogP contribution in [0.4, 0.5) is 0 Å². The van der Waals surface area contributed by atoms with Gasteiger partial charge in [0, 0.05) is 5.33 Å². The molecule has 0 aliphatic carbocycles. The van der Waals surface area contributed by atoms with Gasteiger partial charge in [0.1, 0.15) is 0 Å². The molecule has 0 aliphatic rings. The highest BCUT2D eigenvalue weighted by atomic mass is 79.9. The Kier molecular flexibility index (Phi) is 5.51. The van der Waals surface area contributed by atoms with Gasteiger partial charge in [-0.05, 0) is 27.2 Å². The average Bonchev–Trinajstić information content (AvgIpc) is 2.04. The molecule has 0 spiro atoms. The largest absolute Gasteiger partial charge is 0.385 e. The SMILES string of the molecule is CC=C(C)CC=CC(C)(O)CBr. The molecule has 1 N–H and O–H groups in total. The number of allylic oxidation sites excluding steroid dienone is 3. The molecule has 2 heteroatoms. The van der Waals surface area contributed by atoms with Crippen LogP contribution in [0.5, 0.6) is 0 Å². The minimum atomic E-state index is -0.714. The van der Waals surface area contributed by atoms with Crippen LogP contribution in [0.15, 0.2) is 23.8 Å². The van der Waals surface area contributed by atoms with Crippen molar-refractivity contribution in [1.29, 1.82) is 0 Å². The van der Waals surface area contributed by atoms with Crippen molar-refractivity contribution in [1.82, 2.24) is 0 Å². The van der Waals surface area contributed by atoms with Gasteiger partial charge in [-0.25, -0.2) is 0 Å². The first-order chi connectivity index (χ1) is 5.52. The Morgan fingerprint density at radius 3 is 2.58 bits per heavy atom. The number of alkyl halides is 1. The Hall–Kier alpha value is -0.0800. The number of rotatable bonds is 4. The molecule has 0 fully saturated rings. The highest BCUT2D eigenvalue weighted by molar-refractivity contribution is 9.09. The third kappa shape index (κ3) is 5.56. The lowest BCUT2D eigenvalue weighted by molar-refractivity contribution is 0.139. The molecule has 12 heavy (non-hydrogen) atoms. The topological polar surface area (TPSA) is 20.2 Å². The summed E-state index contributed by atoms with van der Waals surface area (Å²) in [6, 6.07) is 0. The van der Waals surface area contributed by atoms with E-state index >= 15 is 0 Å². The lowest BCUT2D eigenvalue weighted by Crippen LogP contribution is -2.22. The van der Waals surface area contributed by atoms with Crippen molar-refractivity contribution in [2.45, 2.75) is 32.8 Å². The van der Waals surface area contributed by atoms with Gasteiger partial charge in [0.2, 0.25) is 0 Å². The predicted octanol–water partition coefficient (Wildman–Crippen LogP) is 3.04. The summed E-state index contributed by atoms with van der Waals surface area (Å²) in [5, 5.41) is 10.1. The molecule has 0 heterocycles. The van der Waals surface area contributed by atoms with Crippen molar-refractivity contribution < 1.29 is 5.11 Å². The highest BCUT2D eigenvalue weighted by Gasteiger charge is 2.12. The van der Waals surface area contributed by atoms with Crippen molar-refractivity contribution in [2.24, 2.45) is 0 Å². The van der Waals surface area contributed by atoms with Crippen LogP contribution in [0.2, 0.25) is 0 Å². The molecule has 0 aromatic carbocycles. The molecule has 0 aromatic heterocycles. The van der Waals surface area contributed by atoms with E-state index in [4.69, 9.17) is 0 Å². The lowest BCUT2D eigenvalue weighted by Gasteiger charge is -2.14. The first-order valence-electron chi connectivity index (χ1n) is 4.09. The molecule has 70 valence electrons. The molecule has 0 bridgehead atoms. The Morgan fingerprint density at radius 1 is 1.58 bits per heavy atom. The fourth-order valence-electron chi connectivity index (χ4n) is 0.661. The minimum Gasteiger partial charge on any atom is -0.385 e. The van der Waals surface area contributed by atoms with E-state index in [1.807, 2.05) is 19.1 Å². The van der Waals surface area contributed by atoms with Crippen LogP contribution < -0.4 is 0 Å². The number of hydrogen-bond acceptors (Lipinski definition) is 1. The van der Waals surface area contributed by atoms with E-state index in [9.17, 15) is 5.11 Å². The van der Waals surface area contributed by atoms with Gasteiger partial charge in [0.25, 0.3) is 0 Å². The third-order valence-electron chi connectivity index (χ3n) is 1.68. The molecule has 0 rings (SSSR count). The fraction of sp³-hybridized carbons (Fsp3) is 0.600. The zero-order chi connectivity index (χ0) is 9.61. The second-order valence-corrected chi connectivity index (χ2v) is 3.79. The van der Waals surface area contributed by atoms with E-state index < -0.39 is 5.60 Å². The van der Waals surface area contributed by atoms with Crippen LogP contribution in [0, 0.1) is 0 Å². The standard InChI is InChI=1S/C10H17BrO/c1-4-9(2)6-5-7-10(3,12)8-11/h4-5,7,12H,6,8H2,1-3H3. The molecule has 0 saturated carbocycles. The molecule has 1 atom stereocenters. The fourth-order valence-corrected chi connectivity index (χ4v) is 0.848. The quantitative estimate of drug-likeness (QED) is 0.584. The molecule has 0 saturated heterocycles. The number of aliphatic hydroxyl groups is 1. The van der Waals surface area contributed by atoms with Gasteiger partial charge in [-0.1, -0.05) is 39.7 Å². The van der Waals surface area contributed by atoms with Crippen LogP contribution in [0.1, 0.15) is 27.2 Å². The number of hydrogen-bond donors (Lipinski definition) is 1. The van der Waals surface area contributed by atoms with Gasteiger partial charge in [0.15, 0.2) is 0 Å². The van der Waals surface area contributed by atoms with Gasteiger partial charge in [-0.3, -0.25) is 0 Å². The molecular formula is C10H17BrO. The van der Waals surface area contributed by atoms with E-state index in [1.54, 1.807) is 6.92 Å². The van der Waals surface area contributed by atoms with E-state index in [0.29, 0.717) is 5.33 Å². The first-order valence-corrected chi connectivity index (χ1v) is 5.22. The summed E-state index contributed by atoms with van der Waals surface area (Å²) in [5.74, 6) is 0. The molecule has 1 nitrogen and oxygen atoms in total. The smallest absolute Gasteiger partial charge is 0.0896 e. The summed E-state index contributed by atoms with van der Waals surface area (Å²) in [7, 11) is 0. The summed E-state index contributed by atoms with van der Waals surface area (Å²) in [4.78, 5) is 0. The van der Waals surface area contributed by atoms with Gasteiger partial charge in [-0.2, -0.15) is 0 Å². The second-order valence-electron chi connectivity index (χ2n) is 3.23. The van der Waals surface area contributed by atoms with E-state index in [-0.39, 0.29) is 0 Å². The van der Waals surface area contributed by atoms with Crippen LogP contribution in [0.3, 0.4) is 0 Å². The third-order valence-corrected chi connectivity index (χ3v) is 2.82. The van der Waals surface area contributed by atoms with E-state index in [2.05, 4.69) is 28.9 Å². The zero-order valence-corrected chi connectivity index (χ0v) is 9.56. The first kappa shape index (κ1) is 11.9. The van der Waals surface area contributed by atoms with Gasteiger partial charge in [0.05, 0.1) is 5.60 Å². The van der Waals surface area contributed by atoms with Crippen molar-refractivity contribution >= 4 is 15.9 Å². The monoisotopic (exact) mass is 232 g/mol. The molecule has 0 amide bonds. The predicted molar refractivity (Wildman–Crippen MR) is 57.6 cm³/mol. The highest BCUT2D eigenvalue weighted by Crippen LogP contribution is 2.10.